The van der Waals surface area contributed by atoms with Crippen LogP contribution in [0.3, 0.4) is 0 Å². The van der Waals surface area contributed by atoms with Crippen LogP contribution in [0.2, 0.25) is 0 Å². The normalized spacial score (nSPS) is 16.3. The summed E-state index contributed by atoms with van der Waals surface area (Å²) >= 11 is 1.72. The summed E-state index contributed by atoms with van der Waals surface area (Å²) in [6.45, 7) is 2.88. The molecule has 3 heterocycles. The first-order valence-electron chi connectivity index (χ1n) is 10.7. The van der Waals surface area contributed by atoms with Crippen LogP contribution in [0.4, 0.5) is 30.2 Å². The molecule has 0 bridgehead atoms. The second-order valence-electron chi connectivity index (χ2n) is 8.10. The van der Waals surface area contributed by atoms with E-state index in [0.29, 0.717) is 35.8 Å². The van der Waals surface area contributed by atoms with Gasteiger partial charge in [-0.15, -0.1) is 0 Å². The highest BCUT2D eigenvalue weighted by atomic mass is 32.2. The van der Waals surface area contributed by atoms with Gasteiger partial charge < -0.3 is 20.1 Å². The third-order valence-electron chi connectivity index (χ3n) is 5.68. The van der Waals surface area contributed by atoms with Crippen molar-refractivity contribution >= 4 is 40.4 Å². The molecule has 0 atom stereocenters. The van der Waals surface area contributed by atoms with E-state index in [1.807, 2.05) is 31.2 Å². The molecule has 1 amide bonds. The van der Waals surface area contributed by atoms with Crippen LogP contribution >= 0.6 is 11.8 Å². The zero-order valence-electron chi connectivity index (χ0n) is 18.2. The predicted octanol–water partition coefficient (Wildman–Crippen LogP) is 5.63. The van der Waals surface area contributed by atoms with Gasteiger partial charge in [-0.2, -0.15) is 24.9 Å². The van der Waals surface area contributed by atoms with Gasteiger partial charge in [-0.1, -0.05) is 23.4 Å². The van der Waals surface area contributed by atoms with E-state index in [9.17, 15) is 18.0 Å². The van der Waals surface area contributed by atoms with Gasteiger partial charge in [0.05, 0.1) is 34.0 Å². The van der Waals surface area contributed by atoms with Crippen LogP contribution in [0.1, 0.15) is 16.8 Å². The summed E-state index contributed by atoms with van der Waals surface area (Å²) in [6.07, 6.45) is -3.21. The monoisotopic (exact) mass is 486 g/mol. The van der Waals surface area contributed by atoms with Gasteiger partial charge in [0.25, 0.3) is 5.91 Å². The maximum atomic E-state index is 13.9. The molecule has 0 radical (unpaired) electrons. The molecular weight excluding hydrogens is 465 g/mol. The van der Waals surface area contributed by atoms with Gasteiger partial charge in [-0.05, 0) is 30.7 Å². The zero-order valence-corrected chi connectivity index (χ0v) is 19.0. The van der Waals surface area contributed by atoms with Crippen molar-refractivity contribution in [2.75, 3.05) is 40.1 Å². The number of carbonyl (C=O) groups is 1. The summed E-state index contributed by atoms with van der Waals surface area (Å²) in [6, 6.07) is 11.6. The van der Waals surface area contributed by atoms with E-state index in [2.05, 4.69) is 15.8 Å². The van der Waals surface area contributed by atoms with Crippen LogP contribution in [0, 0.1) is 6.92 Å². The Balaban J connectivity index is 1.55. The molecule has 34 heavy (non-hydrogen) atoms. The number of aromatic nitrogens is 1. The van der Waals surface area contributed by atoms with Gasteiger partial charge in [0.1, 0.15) is 0 Å². The quantitative estimate of drug-likeness (QED) is 0.500. The standard InChI is InChI=1S/C24H21F3N4O2S/c1-14-9-22(33-30-14)16-4-2-3-15(10-16)18-13-23(32)29-19-11-17(24(25,26)27)21(12-20(19)28-18)31-5-7-34-8-6-31/h2-4,9-13,28H,5-8H2,1H3,(H,29,32). The number of alkyl halides is 3. The van der Waals surface area contributed by atoms with E-state index >= 15 is 0 Å². The average molecular weight is 487 g/mol. The molecular formula is C24H21F3N4O2S. The molecule has 0 saturated carbocycles. The fraction of sp³-hybridized carbons (Fsp3) is 0.250. The number of amides is 1. The van der Waals surface area contributed by atoms with Gasteiger partial charge in [-0.25, -0.2) is 0 Å². The van der Waals surface area contributed by atoms with Crippen molar-refractivity contribution in [3.05, 3.63) is 65.4 Å². The minimum Gasteiger partial charge on any atom is -0.369 e. The maximum absolute atomic E-state index is 13.9. The Morgan fingerprint density at radius 1 is 1.03 bits per heavy atom. The Bertz CT molecular complexity index is 1280. The lowest BCUT2D eigenvalue weighted by Gasteiger charge is -2.31. The molecule has 3 aromatic rings. The first-order valence-corrected chi connectivity index (χ1v) is 11.9. The van der Waals surface area contributed by atoms with Gasteiger partial charge in [0.2, 0.25) is 0 Å². The lowest BCUT2D eigenvalue weighted by atomic mass is 10.0. The van der Waals surface area contributed by atoms with Gasteiger partial charge in [-0.3, -0.25) is 4.79 Å². The summed E-state index contributed by atoms with van der Waals surface area (Å²) in [5.41, 5.74) is 2.50. The molecule has 176 valence electrons. The van der Waals surface area contributed by atoms with E-state index in [1.54, 1.807) is 22.7 Å². The van der Waals surface area contributed by atoms with E-state index < -0.39 is 17.6 Å². The summed E-state index contributed by atoms with van der Waals surface area (Å²) in [7, 11) is 0. The van der Waals surface area contributed by atoms with E-state index in [1.165, 1.54) is 12.1 Å². The van der Waals surface area contributed by atoms with Gasteiger partial charge in [0.15, 0.2) is 5.76 Å². The SMILES string of the molecule is Cc1cc(-c2cccc(C3=CC(=O)Nc4cc(C(F)(F)F)c(N5CCSCC5)cc4N3)c2)on1. The second-order valence-corrected chi connectivity index (χ2v) is 9.32. The highest BCUT2D eigenvalue weighted by Crippen LogP contribution is 2.43. The number of halogens is 3. The minimum atomic E-state index is -4.55. The molecule has 6 nitrogen and oxygen atoms in total. The molecule has 1 saturated heterocycles. The Kier molecular flexibility index (Phi) is 5.76. The van der Waals surface area contributed by atoms with Crippen molar-refractivity contribution in [1.82, 2.24) is 5.16 Å². The largest absolute Gasteiger partial charge is 0.418 e. The number of thioether (sulfide) groups is 1. The Labute approximate surface area is 198 Å². The van der Waals surface area contributed by atoms with Crippen LogP contribution in [-0.2, 0) is 11.0 Å². The Hall–Kier alpha value is -3.40. The second kappa shape index (κ2) is 8.75. The van der Waals surface area contributed by atoms with Crippen molar-refractivity contribution in [2.45, 2.75) is 13.1 Å². The molecule has 2 aliphatic rings. The Morgan fingerprint density at radius 2 is 1.76 bits per heavy atom. The number of nitrogens with one attached hydrogen (secondary N) is 2. The number of benzene rings is 2. The summed E-state index contributed by atoms with van der Waals surface area (Å²) in [5.74, 6) is 1.59. The lowest BCUT2D eigenvalue weighted by Crippen LogP contribution is -2.34. The third-order valence-corrected chi connectivity index (χ3v) is 6.62. The van der Waals surface area contributed by atoms with Crippen LogP contribution < -0.4 is 15.5 Å². The highest BCUT2D eigenvalue weighted by Gasteiger charge is 2.37. The lowest BCUT2D eigenvalue weighted by molar-refractivity contribution is -0.137. The van der Waals surface area contributed by atoms with Gasteiger partial charge >= 0.3 is 6.18 Å². The predicted molar refractivity (Wildman–Crippen MR) is 128 cm³/mol. The van der Waals surface area contributed by atoms with Crippen LogP contribution in [0.15, 0.2) is 53.1 Å². The minimum absolute atomic E-state index is 0.0840. The van der Waals surface area contributed by atoms with Crippen LogP contribution in [-0.4, -0.2) is 35.7 Å². The van der Waals surface area contributed by atoms with Crippen LogP contribution in [0.5, 0.6) is 0 Å². The molecule has 2 N–H and O–H groups in total. The van der Waals surface area contributed by atoms with Crippen LogP contribution in [0.25, 0.3) is 17.0 Å². The fourth-order valence-corrected chi connectivity index (χ4v) is 4.97. The molecule has 1 aromatic heterocycles. The van der Waals surface area contributed by atoms with Crippen molar-refractivity contribution in [3.8, 4) is 11.3 Å². The number of carbonyl (C=O) groups excluding carboxylic acids is 1. The topological polar surface area (TPSA) is 70.4 Å². The molecule has 2 aromatic carbocycles. The number of hydrogen-bond donors (Lipinski definition) is 2. The maximum Gasteiger partial charge on any atom is 0.418 e. The molecule has 1 fully saturated rings. The number of anilines is 3. The van der Waals surface area contributed by atoms with Crippen molar-refractivity contribution in [3.63, 3.8) is 0 Å². The first kappa shape index (κ1) is 22.4. The number of fused-ring (bicyclic) bond motifs is 1. The number of hydrogen-bond acceptors (Lipinski definition) is 6. The molecule has 10 heteroatoms. The van der Waals surface area contributed by atoms with E-state index in [0.717, 1.165) is 28.8 Å². The van der Waals surface area contributed by atoms with Crippen molar-refractivity contribution in [1.29, 1.82) is 0 Å². The van der Waals surface area contributed by atoms with Gasteiger partial charge in [0, 0.05) is 42.3 Å². The van der Waals surface area contributed by atoms with Crippen molar-refractivity contribution in [2.24, 2.45) is 0 Å². The highest BCUT2D eigenvalue weighted by molar-refractivity contribution is 7.99. The zero-order chi connectivity index (χ0) is 23.9. The van der Waals surface area contributed by atoms with E-state index in [4.69, 9.17) is 4.52 Å². The summed E-state index contributed by atoms with van der Waals surface area (Å²) < 4.78 is 47.1. The molecule has 0 aliphatic carbocycles. The molecule has 0 unspecified atom stereocenters. The Morgan fingerprint density at radius 3 is 2.47 bits per heavy atom. The summed E-state index contributed by atoms with van der Waals surface area (Å²) in [5, 5.41) is 9.67. The number of rotatable bonds is 3. The smallest absolute Gasteiger partial charge is 0.369 e. The fourth-order valence-electron chi connectivity index (χ4n) is 4.06. The molecule has 0 spiro atoms. The van der Waals surface area contributed by atoms with Crippen molar-refractivity contribution < 1.29 is 22.5 Å². The summed E-state index contributed by atoms with van der Waals surface area (Å²) in [4.78, 5) is 14.3. The van der Waals surface area contributed by atoms with E-state index in [-0.39, 0.29) is 11.4 Å². The number of aryl methyl sites for hydroxylation is 1. The molecule has 2 aliphatic heterocycles. The average Bonchev–Trinajstić information content (AvgIpc) is 3.18. The third kappa shape index (κ3) is 4.50. The first-order chi connectivity index (χ1) is 16.3. The molecule has 5 rings (SSSR count). The number of nitrogens with zero attached hydrogens (tertiary/aromatic N) is 2.